The lowest BCUT2D eigenvalue weighted by atomic mass is 10.1. The Labute approximate surface area is 79.1 Å². The van der Waals surface area contributed by atoms with Crippen LogP contribution in [0.4, 0.5) is 0 Å². The van der Waals surface area contributed by atoms with E-state index in [-0.39, 0.29) is 17.4 Å². The lowest BCUT2D eigenvalue weighted by molar-refractivity contribution is -0.122. The van der Waals surface area contributed by atoms with Crippen molar-refractivity contribution in [1.82, 2.24) is 10.6 Å². The average Bonchev–Trinajstić information content (AvgIpc) is 1.81. The van der Waals surface area contributed by atoms with Crippen LogP contribution in [0.2, 0.25) is 0 Å². The van der Waals surface area contributed by atoms with Gasteiger partial charge < -0.3 is 10.6 Å². The average molecular weight is 186 g/mol. The Morgan fingerprint density at radius 2 is 1.77 bits per heavy atom. The summed E-state index contributed by atoms with van der Waals surface area (Å²) in [6, 6.07) is 0. The van der Waals surface area contributed by atoms with Gasteiger partial charge in [-0.25, -0.2) is 0 Å². The largest absolute Gasteiger partial charge is 0.356 e. The Kier molecular flexibility index (Phi) is 4.45. The molecular formula is C9H18N2O2. The summed E-state index contributed by atoms with van der Waals surface area (Å²) < 4.78 is 0. The molecule has 4 nitrogen and oxygen atoms in total. The van der Waals surface area contributed by atoms with Crippen molar-refractivity contribution in [2.75, 3.05) is 6.54 Å². The van der Waals surface area contributed by atoms with Gasteiger partial charge >= 0.3 is 0 Å². The molecule has 2 amide bonds. The maximum Gasteiger partial charge on any atom is 0.222 e. The fourth-order valence-electron chi connectivity index (χ4n) is 0.833. The van der Waals surface area contributed by atoms with E-state index in [0.29, 0.717) is 13.0 Å². The lowest BCUT2D eigenvalue weighted by Crippen LogP contribution is -2.41. The Bertz CT molecular complexity index is 194. The van der Waals surface area contributed by atoms with Crippen molar-refractivity contribution in [1.29, 1.82) is 0 Å². The summed E-state index contributed by atoms with van der Waals surface area (Å²) in [7, 11) is 0. The quantitative estimate of drug-likeness (QED) is 0.671. The molecule has 0 aliphatic rings. The molecule has 0 saturated heterocycles. The lowest BCUT2D eigenvalue weighted by Gasteiger charge is -2.20. The number of hydrogen-bond acceptors (Lipinski definition) is 2. The first-order chi connectivity index (χ1) is 5.81. The van der Waals surface area contributed by atoms with Crippen LogP contribution in [0.1, 0.15) is 34.1 Å². The van der Waals surface area contributed by atoms with Crippen molar-refractivity contribution in [3.8, 4) is 0 Å². The van der Waals surface area contributed by atoms with E-state index in [0.717, 1.165) is 0 Å². The summed E-state index contributed by atoms with van der Waals surface area (Å²) >= 11 is 0. The second-order valence-electron chi connectivity index (χ2n) is 4.03. The number of amides is 2. The minimum atomic E-state index is -0.201. The van der Waals surface area contributed by atoms with Gasteiger partial charge in [-0.05, 0) is 20.8 Å². The van der Waals surface area contributed by atoms with Crippen molar-refractivity contribution in [2.45, 2.75) is 39.7 Å². The van der Waals surface area contributed by atoms with E-state index in [1.807, 2.05) is 20.8 Å². The van der Waals surface area contributed by atoms with Crippen molar-refractivity contribution >= 4 is 11.8 Å². The second-order valence-corrected chi connectivity index (χ2v) is 4.03. The molecule has 0 aromatic heterocycles. The van der Waals surface area contributed by atoms with Gasteiger partial charge in [-0.2, -0.15) is 0 Å². The van der Waals surface area contributed by atoms with E-state index < -0.39 is 0 Å². The van der Waals surface area contributed by atoms with E-state index in [9.17, 15) is 9.59 Å². The van der Waals surface area contributed by atoms with Crippen molar-refractivity contribution in [2.24, 2.45) is 0 Å². The van der Waals surface area contributed by atoms with Crippen LogP contribution >= 0.6 is 0 Å². The summed E-state index contributed by atoms with van der Waals surface area (Å²) in [5, 5.41) is 5.37. The molecule has 0 saturated carbocycles. The van der Waals surface area contributed by atoms with Crippen LogP contribution in [0.5, 0.6) is 0 Å². The number of carbonyl (C=O) groups excluding carboxylic acids is 2. The Morgan fingerprint density at radius 3 is 2.15 bits per heavy atom. The molecule has 0 aliphatic carbocycles. The van der Waals surface area contributed by atoms with Gasteiger partial charge in [-0.3, -0.25) is 9.59 Å². The first-order valence-corrected chi connectivity index (χ1v) is 4.37. The van der Waals surface area contributed by atoms with Gasteiger partial charge in [-0.1, -0.05) is 0 Å². The van der Waals surface area contributed by atoms with Gasteiger partial charge in [0.25, 0.3) is 0 Å². The third-order valence-electron chi connectivity index (χ3n) is 1.24. The predicted molar refractivity (Wildman–Crippen MR) is 51.2 cm³/mol. The third-order valence-corrected chi connectivity index (χ3v) is 1.24. The van der Waals surface area contributed by atoms with E-state index in [2.05, 4.69) is 10.6 Å². The molecule has 0 unspecified atom stereocenters. The molecule has 13 heavy (non-hydrogen) atoms. The molecule has 76 valence electrons. The molecule has 0 spiro atoms. The minimum absolute atomic E-state index is 0.0405. The molecule has 0 fully saturated rings. The normalized spacial score (nSPS) is 10.8. The fraction of sp³-hybridized carbons (Fsp3) is 0.778. The van der Waals surface area contributed by atoms with Gasteiger partial charge in [0.05, 0.1) is 0 Å². The molecular weight excluding hydrogens is 168 g/mol. The minimum Gasteiger partial charge on any atom is -0.356 e. The highest BCUT2D eigenvalue weighted by Gasteiger charge is 2.12. The summed E-state index contributed by atoms with van der Waals surface area (Å²) in [6.07, 6.45) is 0.330. The molecule has 4 heteroatoms. The highest BCUT2D eigenvalue weighted by molar-refractivity contribution is 5.78. The Morgan fingerprint density at radius 1 is 1.23 bits per heavy atom. The number of hydrogen-bond donors (Lipinski definition) is 2. The van der Waals surface area contributed by atoms with Crippen LogP contribution in [0.25, 0.3) is 0 Å². The molecule has 0 aromatic carbocycles. The Balaban J connectivity index is 3.59. The maximum atomic E-state index is 11.2. The van der Waals surface area contributed by atoms with Gasteiger partial charge in [-0.15, -0.1) is 0 Å². The van der Waals surface area contributed by atoms with Crippen LogP contribution in [-0.4, -0.2) is 23.9 Å². The molecule has 0 radical (unpaired) electrons. The van der Waals surface area contributed by atoms with E-state index >= 15 is 0 Å². The van der Waals surface area contributed by atoms with Crippen LogP contribution in [0.15, 0.2) is 0 Å². The summed E-state index contributed by atoms with van der Waals surface area (Å²) in [5.41, 5.74) is -0.201. The van der Waals surface area contributed by atoms with Crippen LogP contribution in [0.3, 0.4) is 0 Å². The first kappa shape index (κ1) is 11.9. The third kappa shape index (κ3) is 8.85. The smallest absolute Gasteiger partial charge is 0.222 e. The van der Waals surface area contributed by atoms with Crippen LogP contribution < -0.4 is 10.6 Å². The molecule has 0 atom stereocenters. The van der Waals surface area contributed by atoms with Gasteiger partial charge in [0.1, 0.15) is 0 Å². The zero-order chi connectivity index (χ0) is 10.5. The molecule has 0 aliphatic heterocycles. The van der Waals surface area contributed by atoms with E-state index in [1.54, 1.807) is 0 Å². The van der Waals surface area contributed by atoms with Gasteiger partial charge in [0.15, 0.2) is 0 Å². The fourth-order valence-corrected chi connectivity index (χ4v) is 0.833. The maximum absolute atomic E-state index is 11.2. The van der Waals surface area contributed by atoms with Crippen LogP contribution in [-0.2, 0) is 9.59 Å². The summed E-state index contributed by atoms with van der Waals surface area (Å²) in [4.78, 5) is 21.6. The van der Waals surface area contributed by atoms with Crippen molar-refractivity contribution in [3.63, 3.8) is 0 Å². The first-order valence-electron chi connectivity index (χ1n) is 4.37. The number of rotatable bonds is 3. The zero-order valence-corrected chi connectivity index (χ0v) is 8.73. The summed E-state index contributed by atoms with van der Waals surface area (Å²) in [5.74, 6) is -0.148. The van der Waals surface area contributed by atoms with Crippen molar-refractivity contribution in [3.05, 3.63) is 0 Å². The summed E-state index contributed by atoms with van der Waals surface area (Å²) in [6.45, 7) is 7.59. The topological polar surface area (TPSA) is 58.2 Å². The SMILES string of the molecule is CC(=O)NCCC(=O)NC(C)(C)C. The molecule has 0 aromatic rings. The monoisotopic (exact) mass is 186 g/mol. The standard InChI is InChI=1S/C9H18N2O2/c1-7(12)10-6-5-8(13)11-9(2,3)4/h5-6H2,1-4H3,(H,10,12)(H,11,13). The Hall–Kier alpha value is -1.06. The molecule has 0 heterocycles. The van der Waals surface area contributed by atoms with Gasteiger partial charge in [0, 0.05) is 25.4 Å². The van der Waals surface area contributed by atoms with E-state index in [1.165, 1.54) is 6.92 Å². The number of carbonyl (C=O) groups is 2. The highest BCUT2D eigenvalue weighted by atomic mass is 16.2. The molecule has 0 rings (SSSR count). The van der Waals surface area contributed by atoms with Crippen molar-refractivity contribution < 1.29 is 9.59 Å². The number of nitrogens with one attached hydrogen (secondary N) is 2. The van der Waals surface area contributed by atoms with E-state index in [4.69, 9.17) is 0 Å². The molecule has 2 N–H and O–H groups in total. The zero-order valence-electron chi connectivity index (χ0n) is 8.73. The predicted octanol–water partition coefficient (Wildman–Crippen LogP) is 0.427. The molecule has 0 bridgehead atoms. The van der Waals surface area contributed by atoms with Crippen LogP contribution in [0, 0.1) is 0 Å². The van der Waals surface area contributed by atoms with Gasteiger partial charge in [0.2, 0.25) is 11.8 Å². The highest BCUT2D eigenvalue weighted by Crippen LogP contribution is 1.98. The second kappa shape index (κ2) is 4.84.